The number of aromatic nitrogens is 1. The highest BCUT2D eigenvalue weighted by molar-refractivity contribution is 7.98. The molecule has 4 aromatic rings. The first-order valence-corrected chi connectivity index (χ1v) is 17.8. The molecule has 0 saturated heterocycles. The molecule has 1 N–H and O–H groups in total. The molecule has 1 aliphatic rings. The van der Waals surface area contributed by atoms with Crippen LogP contribution < -0.4 is 19.7 Å². The number of carbonyl (C=O) groups excluding carboxylic acids is 1. The molecule has 0 atom stereocenters. The topological polar surface area (TPSA) is 72.9 Å². The third-order valence-electron chi connectivity index (χ3n) is 8.09. The smallest absolute Gasteiger partial charge is 0.251 e. The van der Waals surface area contributed by atoms with Gasteiger partial charge in [0.05, 0.1) is 13.7 Å². The number of benzene rings is 3. The van der Waals surface area contributed by atoms with Crippen LogP contribution in [0.1, 0.15) is 51.2 Å². The fourth-order valence-electron chi connectivity index (χ4n) is 5.61. The van der Waals surface area contributed by atoms with E-state index in [1.54, 1.807) is 25.1 Å². The van der Waals surface area contributed by atoms with Crippen LogP contribution in [0.3, 0.4) is 0 Å². The van der Waals surface area contributed by atoms with E-state index in [9.17, 15) is 4.79 Å². The molecule has 0 fully saturated rings. The van der Waals surface area contributed by atoms with Gasteiger partial charge in [0, 0.05) is 65.8 Å². The molecule has 0 spiro atoms. The Morgan fingerprint density at radius 3 is 2.58 bits per heavy atom. The Hall–Kier alpha value is -4.27. The lowest BCUT2D eigenvalue weighted by atomic mass is 10.00. The van der Waals surface area contributed by atoms with Gasteiger partial charge in [0.25, 0.3) is 5.91 Å². The van der Waals surface area contributed by atoms with Gasteiger partial charge in [-0.05, 0) is 89.6 Å². The highest BCUT2D eigenvalue weighted by Crippen LogP contribution is 2.36. The molecule has 2 heterocycles. The maximum absolute atomic E-state index is 13.7. The predicted octanol–water partition coefficient (Wildman–Crippen LogP) is 9.13. The van der Waals surface area contributed by atoms with Crippen LogP contribution in [-0.4, -0.2) is 50.9 Å². The SMILES string of the molecule is CCCCOCCOc1ccc(-c2ccc3c(c2)C=C(C(=O)Nc2ccc(SCc4cccnc4)c(OC)c2)CCN3CC(C)C)cc1. The van der Waals surface area contributed by atoms with Gasteiger partial charge in [-0.3, -0.25) is 9.78 Å². The van der Waals surface area contributed by atoms with Crippen LogP contribution in [0, 0.1) is 5.92 Å². The lowest BCUT2D eigenvalue weighted by molar-refractivity contribution is -0.112. The summed E-state index contributed by atoms with van der Waals surface area (Å²) in [5.74, 6) is 2.72. The summed E-state index contributed by atoms with van der Waals surface area (Å²) in [4.78, 5) is 21.3. The number of carbonyl (C=O) groups is 1. The number of hydrogen-bond acceptors (Lipinski definition) is 7. The molecular weight excluding hydrogens is 619 g/mol. The molecule has 1 amide bonds. The monoisotopic (exact) mass is 665 g/mol. The molecule has 3 aromatic carbocycles. The number of anilines is 2. The second kappa shape index (κ2) is 17.8. The molecule has 1 aliphatic heterocycles. The molecule has 5 rings (SSSR count). The van der Waals surface area contributed by atoms with Gasteiger partial charge in [0.15, 0.2) is 0 Å². The Balaban J connectivity index is 1.30. The minimum atomic E-state index is -0.101. The van der Waals surface area contributed by atoms with Crippen molar-refractivity contribution < 1.29 is 19.0 Å². The van der Waals surface area contributed by atoms with Gasteiger partial charge in [0.2, 0.25) is 0 Å². The average molecular weight is 666 g/mol. The van der Waals surface area contributed by atoms with Gasteiger partial charge in [-0.25, -0.2) is 0 Å². The maximum atomic E-state index is 13.7. The molecule has 0 radical (unpaired) electrons. The Bertz CT molecular complexity index is 1660. The van der Waals surface area contributed by atoms with E-state index >= 15 is 0 Å². The summed E-state index contributed by atoms with van der Waals surface area (Å²) in [7, 11) is 1.66. The highest BCUT2D eigenvalue weighted by atomic mass is 32.2. The van der Waals surface area contributed by atoms with Gasteiger partial charge in [-0.2, -0.15) is 0 Å². The minimum Gasteiger partial charge on any atom is -0.496 e. The van der Waals surface area contributed by atoms with Crippen LogP contribution in [0.4, 0.5) is 11.4 Å². The van der Waals surface area contributed by atoms with Gasteiger partial charge in [0.1, 0.15) is 18.1 Å². The van der Waals surface area contributed by atoms with Gasteiger partial charge >= 0.3 is 0 Å². The normalized spacial score (nSPS) is 12.7. The lowest BCUT2D eigenvalue weighted by Crippen LogP contribution is -2.29. The van der Waals surface area contributed by atoms with E-state index in [1.165, 1.54) is 0 Å². The Labute approximate surface area is 289 Å². The minimum absolute atomic E-state index is 0.101. The van der Waals surface area contributed by atoms with Gasteiger partial charge in [-0.15, -0.1) is 11.8 Å². The first kappa shape index (κ1) is 35.0. The molecule has 7 nitrogen and oxygen atoms in total. The number of methoxy groups -OCH3 is 1. The van der Waals surface area contributed by atoms with Crippen LogP contribution in [0.25, 0.3) is 17.2 Å². The molecule has 48 heavy (non-hydrogen) atoms. The first-order chi connectivity index (χ1) is 23.4. The van der Waals surface area contributed by atoms with E-state index in [0.29, 0.717) is 31.2 Å². The van der Waals surface area contributed by atoms with Crippen LogP contribution in [0.2, 0.25) is 0 Å². The van der Waals surface area contributed by atoms with E-state index in [0.717, 1.165) is 88.2 Å². The lowest BCUT2D eigenvalue weighted by Gasteiger charge is -2.27. The molecule has 1 aromatic heterocycles. The average Bonchev–Trinajstić information content (AvgIpc) is 3.28. The van der Waals surface area contributed by atoms with Crippen molar-refractivity contribution in [2.24, 2.45) is 5.92 Å². The Morgan fingerprint density at radius 1 is 1.00 bits per heavy atom. The van der Waals surface area contributed by atoms with Crippen molar-refractivity contribution >= 4 is 35.1 Å². The molecule has 252 valence electrons. The number of hydrogen-bond donors (Lipinski definition) is 1. The van der Waals surface area contributed by atoms with Crippen molar-refractivity contribution in [2.75, 3.05) is 50.2 Å². The summed E-state index contributed by atoms with van der Waals surface area (Å²) in [5.41, 5.74) is 6.97. The fourth-order valence-corrected chi connectivity index (χ4v) is 6.56. The van der Waals surface area contributed by atoms with Gasteiger partial charge < -0.3 is 24.4 Å². The third-order valence-corrected chi connectivity index (χ3v) is 9.22. The second-order valence-corrected chi connectivity index (χ2v) is 13.4. The quantitative estimate of drug-likeness (QED) is 0.0945. The first-order valence-electron chi connectivity index (χ1n) is 16.8. The number of ether oxygens (including phenoxy) is 3. The molecule has 0 aliphatic carbocycles. The number of amides is 1. The Kier molecular flexibility index (Phi) is 13.0. The standard InChI is InChI=1S/C40H47N3O4S/c1-5-6-20-46-21-22-47-36-13-9-31(10-14-36)32-11-15-37-34(23-32)24-33(17-19-43(37)27-29(2)3)40(44)42-35-12-16-39(38(25-35)45-4)48-28-30-8-7-18-41-26-30/h7-16,18,23-26,29H,5-6,17,19-22,27-28H2,1-4H3,(H,42,44). The summed E-state index contributed by atoms with van der Waals surface area (Å²) < 4.78 is 17.2. The largest absolute Gasteiger partial charge is 0.496 e. The molecule has 8 heteroatoms. The van der Waals surface area contributed by atoms with Crippen molar-refractivity contribution in [3.05, 3.63) is 102 Å². The van der Waals surface area contributed by atoms with Gasteiger partial charge in [-0.1, -0.05) is 51.5 Å². The van der Waals surface area contributed by atoms with Crippen molar-refractivity contribution in [3.8, 4) is 22.6 Å². The van der Waals surface area contributed by atoms with Crippen molar-refractivity contribution in [3.63, 3.8) is 0 Å². The fraction of sp³-hybridized carbons (Fsp3) is 0.350. The summed E-state index contributed by atoms with van der Waals surface area (Å²) in [5, 5.41) is 3.14. The highest BCUT2D eigenvalue weighted by Gasteiger charge is 2.21. The number of thioether (sulfide) groups is 1. The van der Waals surface area contributed by atoms with E-state index in [4.69, 9.17) is 14.2 Å². The summed E-state index contributed by atoms with van der Waals surface area (Å²) >= 11 is 1.68. The number of fused-ring (bicyclic) bond motifs is 1. The third kappa shape index (κ3) is 9.87. The molecule has 0 saturated carbocycles. The Morgan fingerprint density at radius 2 is 1.83 bits per heavy atom. The second-order valence-electron chi connectivity index (χ2n) is 12.3. The number of unbranched alkanes of at least 4 members (excludes halogenated alkanes) is 1. The zero-order chi connectivity index (χ0) is 33.7. The van der Waals surface area contributed by atoms with Crippen molar-refractivity contribution in [1.29, 1.82) is 0 Å². The number of rotatable bonds is 16. The summed E-state index contributed by atoms with van der Waals surface area (Å²) in [6.45, 7) is 10.2. The number of nitrogens with one attached hydrogen (secondary N) is 1. The maximum Gasteiger partial charge on any atom is 0.251 e. The van der Waals surface area contributed by atoms with E-state index in [-0.39, 0.29) is 5.91 Å². The van der Waals surface area contributed by atoms with Crippen LogP contribution in [0.5, 0.6) is 11.5 Å². The molecule has 0 unspecified atom stereocenters. The van der Waals surface area contributed by atoms with Crippen LogP contribution >= 0.6 is 11.8 Å². The molecule has 0 bridgehead atoms. The van der Waals surface area contributed by atoms with Crippen LogP contribution in [-0.2, 0) is 15.3 Å². The van der Waals surface area contributed by atoms with E-state index in [2.05, 4.69) is 78.4 Å². The van der Waals surface area contributed by atoms with E-state index < -0.39 is 0 Å². The number of pyridine rings is 1. The van der Waals surface area contributed by atoms with Crippen molar-refractivity contribution in [2.45, 2.75) is 50.7 Å². The van der Waals surface area contributed by atoms with E-state index in [1.807, 2.05) is 42.6 Å². The molecular formula is C40H47N3O4S. The van der Waals surface area contributed by atoms with Crippen LogP contribution in [0.15, 0.2) is 95.7 Å². The summed E-state index contributed by atoms with van der Waals surface area (Å²) in [6.07, 6.45) is 8.55. The predicted molar refractivity (Wildman–Crippen MR) is 198 cm³/mol. The summed E-state index contributed by atoms with van der Waals surface area (Å²) in [6, 6.07) is 24.6. The van der Waals surface area contributed by atoms with Crippen molar-refractivity contribution in [1.82, 2.24) is 4.98 Å². The zero-order valence-corrected chi connectivity index (χ0v) is 29.4. The number of nitrogens with zero attached hydrogens (tertiary/aromatic N) is 2. The zero-order valence-electron chi connectivity index (χ0n) is 28.5.